The van der Waals surface area contributed by atoms with E-state index in [2.05, 4.69) is 0 Å². The smallest absolute Gasteiger partial charge is 0.354 e. The topological polar surface area (TPSA) is 74.4 Å². The molecule has 1 aromatic carbocycles. The van der Waals surface area contributed by atoms with Crippen LogP contribution in [0.2, 0.25) is 0 Å². The van der Waals surface area contributed by atoms with E-state index in [1.54, 1.807) is 29.8 Å². The summed E-state index contributed by atoms with van der Waals surface area (Å²) in [6, 6.07) is 6.55. The summed E-state index contributed by atoms with van der Waals surface area (Å²) in [6.45, 7) is 2.08. The van der Waals surface area contributed by atoms with Crippen LogP contribution in [0.4, 0.5) is 10.1 Å². The first-order valence-corrected chi connectivity index (χ1v) is 6.27. The number of hydrogen-bond acceptors (Lipinski definition) is 4. The highest BCUT2D eigenvalue weighted by Gasteiger charge is 2.14. The molecule has 2 rings (SSSR count). The second-order valence-electron chi connectivity index (χ2n) is 4.32. The van der Waals surface area contributed by atoms with E-state index in [0.717, 1.165) is 6.07 Å². The van der Waals surface area contributed by atoms with Gasteiger partial charge in [0.15, 0.2) is 0 Å². The fourth-order valence-corrected chi connectivity index (χ4v) is 1.97. The Kier molecular flexibility index (Phi) is 4.32. The Bertz CT molecular complexity index is 681. The van der Waals surface area contributed by atoms with Gasteiger partial charge in [0.1, 0.15) is 11.5 Å². The van der Waals surface area contributed by atoms with Crippen molar-refractivity contribution in [3.8, 4) is 0 Å². The molecule has 0 saturated carbocycles. The number of carbonyl (C=O) groups is 1. The van der Waals surface area contributed by atoms with Crippen LogP contribution < -0.4 is 0 Å². The Morgan fingerprint density at radius 1 is 1.43 bits per heavy atom. The van der Waals surface area contributed by atoms with Crippen LogP contribution in [0.25, 0.3) is 0 Å². The van der Waals surface area contributed by atoms with E-state index in [1.807, 2.05) is 0 Å². The molecule has 0 aliphatic heterocycles. The maximum Gasteiger partial charge on any atom is 0.354 e. The van der Waals surface area contributed by atoms with Crippen molar-refractivity contribution in [3.63, 3.8) is 0 Å². The number of hydrogen-bond donors (Lipinski definition) is 0. The molecule has 0 N–H and O–H groups in total. The van der Waals surface area contributed by atoms with E-state index < -0.39 is 16.7 Å². The summed E-state index contributed by atoms with van der Waals surface area (Å²) in [5.74, 6) is -1.18. The number of esters is 1. The molecule has 0 fully saturated rings. The first kappa shape index (κ1) is 14.7. The highest BCUT2D eigenvalue weighted by atomic mass is 19.1. The summed E-state index contributed by atoms with van der Waals surface area (Å²) in [5, 5.41) is 10.7. The van der Waals surface area contributed by atoms with Gasteiger partial charge in [-0.15, -0.1) is 0 Å². The standard InChI is InChI=1S/C14H13FN2O4/c1-2-21-14(18)13-4-3-5-16(13)9-10-6-11(15)8-12(7-10)17(19)20/h3-8H,2,9H2,1H3. The molecule has 0 aliphatic rings. The molecular formula is C14H13FN2O4. The van der Waals surface area contributed by atoms with Gasteiger partial charge in [0.05, 0.1) is 17.6 Å². The number of nitro groups is 1. The van der Waals surface area contributed by atoms with E-state index >= 15 is 0 Å². The van der Waals surface area contributed by atoms with E-state index in [9.17, 15) is 19.3 Å². The molecule has 0 radical (unpaired) electrons. The molecule has 21 heavy (non-hydrogen) atoms. The summed E-state index contributed by atoms with van der Waals surface area (Å²) in [7, 11) is 0. The van der Waals surface area contributed by atoms with Crippen LogP contribution in [0.15, 0.2) is 36.5 Å². The molecule has 0 unspecified atom stereocenters. The van der Waals surface area contributed by atoms with Crippen molar-refractivity contribution in [1.29, 1.82) is 0 Å². The van der Waals surface area contributed by atoms with Crippen LogP contribution in [-0.2, 0) is 11.3 Å². The number of non-ortho nitro benzene ring substituents is 1. The normalized spacial score (nSPS) is 10.4. The molecule has 0 aliphatic carbocycles. The number of carbonyl (C=O) groups excluding carboxylic acids is 1. The van der Waals surface area contributed by atoms with Crippen molar-refractivity contribution in [2.45, 2.75) is 13.5 Å². The van der Waals surface area contributed by atoms with E-state index in [0.29, 0.717) is 11.3 Å². The molecule has 0 bridgehead atoms. The summed E-state index contributed by atoms with van der Waals surface area (Å²) >= 11 is 0. The zero-order valence-electron chi connectivity index (χ0n) is 11.3. The Morgan fingerprint density at radius 3 is 2.86 bits per heavy atom. The third kappa shape index (κ3) is 3.44. The van der Waals surface area contributed by atoms with E-state index in [-0.39, 0.29) is 18.8 Å². The predicted octanol–water partition coefficient (Wildman–Crippen LogP) is 2.76. The number of aromatic nitrogens is 1. The summed E-state index contributed by atoms with van der Waals surface area (Å²) < 4.78 is 19.9. The van der Waals surface area contributed by atoms with Crippen LogP contribution in [0, 0.1) is 15.9 Å². The van der Waals surface area contributed by atoms with Crippen molar-refractivity contribution in [1.82, 2.24) is 4.57 Å². The Labute approximate surface area is 119 Å². The van der Waals surface area contributed by atoms with E-state index in [1.165, 1.54) is 12.1 Å². The molecular weight excluding hydrogens is 279 g/mol. The van der Waals surface area contributed by atoms with Crippen LogP contribution in [0.3, 0.4) is 0 Å². The number of nitrogens with zero attached hydrogens (tertiary/aromatic N) is 2. The van der Waals surface area contributed by atoms with Gasteiger partial charge in [-0.3, -0.25) is 10.1 Å². The molecule has 0 atom stereocenters. The fraction of sp³-hybridized carbons (Fsp3) is 0.214. The maximum atomic E-state index is 13.4. The van der Waals surface area contributed by atoms with Gasteiger partial charge in [0.25, 0.3) is 5.69 Å². The van der Waals surface area contributed by atoms with Crippen LogP contribution >= 0.6 is 0 Å². The predicted molar refractivity (Wildman–Crippen MR) is 72.5 cm³/mol. The second-order valence-corrected chi connectivity index (χ2v) is 4.32. The van der Waals surface area contributed by atoms with Crippen molar-refractivity contribution in [2.24, 2.45) is 0 Å². The lowest BCUT2D eigenvalue weighted by atomic mass is 10.2. The Morgan fingerprint density at radius 2 is 2.19 bits per heavy atom. The highest BCUT2D eigenvalue weighted by Crippen LogP contribution is 2.18. The minimum atomic E-state index is -0.691. The minimum Gasteiger partial charge on any atom is -0.461 e. The lowest BCUT2D eigenvalue weighted by molar-refractivity contribution is -0.385. The van der Waals surface area contributed by atoms with Gasteiger partial charge in [-0.1, -0.05) is 0 Å². The lowest BCUT2D eigenvalue weighted by Gasteiger charge is -2.09. The van der Waals surface area contributed by atoms with Crippen molar-refractivity contribution < 1.29 is 18.8 Å². The summed E-state index contributed by atoms with van der Waals surface area (Å²) in [4.78, 5) is 21.8. The van der Waals surface area contributed by atoms with Crippen molar-refractivity contribution in [2.75, 3.05) is 6.61 Å². The second kappa shape index (κ2) is 6.17. The zero-order valence-corrected chi connectivity index (χ0v) is 11.3. The van der Waals surface area contributed by atoms with Crippen molar-refractivity contribution in [3.05, 3.63) is 63.7 Å². The van der Waals surface area contributed by atoms with Crippen LogP contribution in [-0.4, -0.2) is 22.1 Å². The van der Waals surface area contributed by atoms with Gasteiger partial charge < -0.3 is 9.30 Å². The molecule has 0 saturated heterocycles. The lowest BCUT2D eigenvalue weighted by Crippen LogP contribution is -2.12. The van der Waals surface area contributed by atoms with Crippen LogP contribution in [0.1, 0.15) is 23.0 Å². The summed E-state index contributed by atoms with van der Waals surface area (Å²) in [6.07, 6.45) is 1.63. The van der Waals surface area contributed by atoms with Gasteiger partial charge in [0.2, 0.25) is 0 Å². The van der Waals surface area contributed by atoms with Crippen LogP contribution in [0.5, 0.6) is 0 Å². The first-order valence-electron chi connectivity index (χ1n) is 6.27. The minimum absolute atomic E-state index is 0.139. The quantitative estimate of drug-likeness (QED) is 0.482. The summed E-state index contributed by atoms with van der Waals surface area (Å²) in [5.41, 5.74) is 0.377. The van der Waals surface area contributed by atoms with Gasteiger partial charge in [-0.25, -0.2) is 9.18 Å². The van der Waals surface area contributed by atoms with Gasteiger partial charge in [-0.05, 0) is 30.7 Å². The molecule has 7 heteroatoms. The SMILES string of the molecule is CCOC(=O)c1cccn1Cc1cc(F)cc([N+](=O)[O-])c1. The number of halogens is 1. The number of benzene rings is 1. The molecule has 6 nitrogen and oxygen atoms in total. The first-order chi connectivity index (χ1) is 10.0. The monoisotopic (exact) mass is 292 g/mol. The molecule has 1 aromatic heterocycles. The average molecular weight is 292 g/mol. The molecule has 2 aromatic rings. The third-order valence-corrected chi connectivity index (χ3v) is 2.82. The highest BCUT2D eigenvalue weighted by molar-refractivity contribution is 5.87. The number of nitro benzene ring substituents is 1. The molecule has 0 spiro atoms. The van der Waals surface area contributed by atoms with Gasteiger partial charge >= 0.3 is 5.97 Å². The molecule has 110 valence electrons. The Hall–Kier alpha value is -2.70. The molecule has 0 amide bonds. The number of ether oxygens (including phenoxy) is 1. The Balaban J connectivity index is 2.29. The van der Waals surface area contributed by atoms with Gasteiger partial charge in [0, 0.05) is 18.8 Å². The number of rotatable bonds is 5. The average Bonchev–Trinajstić information content (AvgIpc) is 2.86. The van der Waals surface area contributed by atoms with Crippen molar-refractivity contribution >= 4 is 11.7 Å². The van der Waals surface area contributed by atoms with E-state index in [4.69, 9.17) is 4.74 Å². The third-order valence-electron chi connectivity index (χ3n) is 2.82. The fourth-order valence-electron chi connectivity index (χ4n) is 1.97. The largest absolute Gasteiger partial charge is 0.461 e. The zero-order chi connectivity index (χ0) is 15.4. The molecule has 1 heterocycles. The maximum absolute atomic E-state index is 13.4. The van der Waals surface area contributed by atoms with Gasteiger partial charge in [-0.2, -0.15) is 0 Å².